The second-order valence-electron chi connectivity index (χ2n) is 4.23. The summed E-state index contributed by atoms with van der Waals surface area (Å²) in [4.78, 5) is 13.5. The number of carbonyl (C=O) groups is 1. The molecule has 1 saturated carbocycles. The number of morpholine rings is 1. The van der Waals surface area contributed by atoms with Gasteiger partial charge >= 0.3 is 0 Å². The number of ether oxygens (including phenoxy) is 1. The molecule has 2 rings (SSSR count). The van der Waals surface area contributed by atoms with Crippen molar-refractivity contribution in [1.29, 1.82) is 0 Å². The summed E-state index contributed by atoms with van der Waals surface area (Å²) < 4.78 is 31.0. The van der Waals surface area contributed by atoms with Gasteiger partial charge in [-0.05, 0) is 6.42 Å². The Labute approximate surface area is 87.4 Å². The van der Waals surface area contributed by atoms with Crippen molar-refractivity contribution in [2.24, 2.45) is 5.92 Å². The summed E-state index contributed by atoms with van der Waals surface area (Å²) in [5, 5.41) is 0. The van der Waals surface area contributed by atoms with E-state index in [4.69, 9.17) is 4.74 Å². The van der Waals surface area contributed by atoms with Gasteiger partial charge in [-0.3, -0.25) is 4.79 Å². The highest BCUT2D eigenvalue weighted by Gasteiger charge is 2.43. The number of carbonyl (C=O) groups excluding carboxylic acids is 1. The minimum atomic E-state index is -2.63. The van der Waals surface area contributed by atoms with Gasteiger partial charge in [0.25, 0.3) is 0 Å². The molecule has 15 heavy (non-hydrogen) atoms. The number of rotatable bonds is 1. The molecule has 2 aliphatic rings. The topological polar surface area (TPSA) is 29.5 Å². The van der Waals surface area contributed by atoms with Gasteiger partial charge < -0.3 is 9.64 Å². The first-order chi connectivity index (χ1) is 7.08. The Morgan fingerprint density at radius 2 is 2.00 bits per heavy atom. The van der Waals surface area contributed by atoms with Gasteiger partial charge in [0.2, 0.25) is 11.8 Å². The summed E-state index contributed by atoms with van der Waals surface area (Å²) in [6.45, 7) is 2.13. The van der Waals surface area contributed by atoms with E-state index in [1.807, 2.05) is 0 Å². The number of hydrogen-bond donors (Lipinski definition) is 0. The first-order valence-corrected chi connectivity index (χ1v) is 5.33. The van der Waals surface area contributed by atoms with Crippen LogP contribution in [0.1, 0.15) is 19.3 Å². The monoisotopic (exact) mass is 219 g/mol. The Morgan fingerprint density at radius 3 is 2.53 bits per heavy atom. The minimum Gasteiger partial charge on any atom is -0.378 e. The molecule has 1 aliphatic heterocycles. The zero-order chi connectivity index (χ0) is 10.9. The lowest BCUT2D eigenvalue weighted by atomic mass is 10.1. The van der Waals surface area contributed by atoms with E-state index in [1.165, 1.54) is 0 Å². The summed E-state index contributed by atoms with van der Waals surface area (Å²) >= 11 is 0. The smallest absolute Gasteiger partial charge is 0.248 e. The molecule has 0 aromatic rings. The lowest BCUT2D eigenvalue weighted by molar-refractivity contribution is -0.140. The van der Waals surface area contributed by atoms with Crippen LogP contribution >= 0.6 is 0 Å². The van der Waals surface area contributed by atoms with E-state index in [-0.39, 0.29) is 18.7 Å². The minimum absolute atomic E-state index is 0.115. The molecule has 0 N–H and O–H groups in total. The van der Waals surface area contributed by atoms with Gasteiger partial charge in [0.15, 0.2) is 0 Å². The van der Waals surface area contributed by atoms with Crippen LogP contribution in [0, 0.1) is 5.92 Å². The second-order valence-corrected chi connectivity index (χ2v) is 4.23. The molecule has 5 heteroatoms. The summed E-state index contributed by atoms with van der Waals surface area (Å²) in [6.07, 6.45) is -0.0971. The Balaban J connectivity index is 1.90. The molecule has 86 valence electrons. The third-order valence-electron chi connectivity index (χ3n) is 3.08. The van der Waals surface area contributed by atoms with Crippen molar-refractivity contribution >= 4 is 5.91 Å². The molecule has 1 unspecified atom stereocenters. The summed E-state index contributed by atoms with van der Waals surface area (Å²) in [5.41, 5.74) is 0. The fourth-order valence-electron chi connectivity index (χ4n) is 2.20. The van der Waals surface area contributed by atoms with E-state index < -0.39 is 11.8 Å². The summed E-state index contributed by atoms with van der Waals surface area (Å²) in [5.74, 6) is -3.22. The Kier molecular flexibility index (Phi) is 2.91. The van der Waals surface area contributed by atoms with E-state index >= 15 is 0 Å². The van der Waals surface area contributed by atoms with Crippen LogP contribution in [0.5, 0.6) is 0 Å². The van der Waals surface area contributed by atoms with Crippen molar-refractivity contribution in [2.45, 2.75) is 25.2 Å². The van der Waals surface area contributed by atoms with Gasteiger partial charge in [-0.25, -0.2) is 8.78 Å². The van der Waals surface area contributed by atoms with E-state index in [2.05, 4.69) is 0 Å². The SMILES string of the molecule is O=C(C1CCC(F)(F)C1)N1CCOCC1. The number of alkyl halides is 2. The highest BCUT2D eigenvalue weighted by Crippen LogP contribution is 2.39. The Bertz CT molecular complexity index is 252. The predicted molar refractivity (Wildman–Crippen MR) is 49.7 cm³/mol. The summed E-state index contributed by atoms with van der Waals surface area (Å²) in [7, 11) is 0. The third kappa shape index (κ3) is 2.45. The largest absolute Gasteiger partial charge is 0.378 e. The van der Waals surface area contributed by atoms with Crippen LogP contribution in [0.25, 0.3) is 0 Å². The highest BCUT2D eigenvalue weighted by atomic mass is 19.3. The van der Waals surface area contributed by atoms with Crippen LogP contribution in [-0.4, -0.2) is 43.0 Å². The highest BCUT2D eigenvalue weighted by molar-refractivity contribution is 5.79. The van der Waals surface area contributed by atoms with Crippen LogP contribution < -0.4 is 0 Å². The lowest BCUT2D eigenvalue weighted by Gasteiger charge is -2.29. The quantitative estimate of drug-likeness (QED) is 0.665. The normalized spacial score (nSPS) is 30.5. The maximum atomic E-state index is 12.9. The van der Waals surface area contributed by atoms with Gasteiger partial charge in [0.1, 0.15) is 0 Å². The van der Waals surface area contributed by atoms with Crippen LogP contribution in [0.4, 0.5) is 8.78 Å². The number of halogens is 2. The number of amides is 1. The van der Waals surface area contributed by atoms with Crippen molar-refractivity contribution in [3.8, 4) is 0 Å². The second kappa shape index (κ2) is 4.04. The molecule has 1 amide bonds. The zero-order valence-corrected chi connectivity index (χ0v) is 8.55. The number of hydrogen-bond acceptors (Lipinski definition) is 2. The van der Waals surface area contributed by atoms with Crippen molar-refractivity contribution < 1.29 is 18.3 Å². The van der Waals surface area contributed by atoms with Gasteiger partial charge in [0, 0.05) is 31.8 Å². The van der Waals surface area contributed by atoms with E-state index in [9.17, 15) is 13.6 Å². The van der Waals surface area contributed by atoms with Gasteiger partial charge in [-0.15, -0.1) is 0 Å². The molecule has 3 nitrogen and oxygen atoms in total. The molecule has 0 spiro atoms. The maximum absolute atomic E-state index is 12.9. The van der Waals surface area contributed by atoms with Crippen molar-refractivity contribution in [1.82, 2.24) is 4.90 Å². The number of nitrogens with zero attached hydrogens (tertiary/aromatic N) is 1. The molecular formula is C10H15F2NO2. The average molecular weight is 219 g/mol. The molecule has 0 aromatic heterocycles. The van der Waals surface area contributed by atoms with Crippen LogP contribution in [0.3, 0.4) is 0 Å². The van der Waals surface area contributed by atoms with E-state index in [0.717, 1.165) is 0 Å². The summed E-state index contributed by atoms with van der Waals surface area (Å²) in [6, 6.07) is 0. The zero-order valence-electron chi connectivity index (χ0n) is 8.55. The molecule has 1 heterocycles. The van der Waals surface area contributed by atoms with E-state index in [1.54, 1.807) is 4.90 Å². The Hall–Kier alpha value is -0.710. The molecule has 0 aromatic carbocycles. The predicted octanol–water partition coefficient (Wildman–Crippen LogP) is 1.28. The molecule has 0 bridgehead atoms. The lowest BCUT2D eigenvalue weighted by Crippen LogP contribution is -2.43. The fourth-order valence-corrected chi connectivity index (χ4v) is 2.20. The maximum Gasteiger partial charge on any atom is 0.248 e. The third-order valence-corrected chi connectivity index (χ3v) is 3.08. The molecular weight excluding hydrogens is 204 g/mol. The Morgan fingerprint density at radius 1 is 1.33 bits per heavy atom. The molecule has 2 fully saturated rings. The van der Waals surface area contributed by atoms with Crippen LogP contribution in [0.2, 0.25) is 0 Å². The van der Waals surface area contributed by atoms with Gasteiger partial charge in [0.05, 0.1) is 13.2 Å². The van der Waals surface area contributed by atoms with Crippen LogP contribution in [-0.2, 0) is 9.53 Å². The molecule has 1 atom stereocenters. The van der Waals surface area contributed by atoms with Gasteiger partial charge in [-0.1, -0.05) is 0 Å². The first-order valence-electron chi connectivity index (χ1n) is 5.33. The average Bonchev–Trinajstić information content (AvgIpc) is 2.59. The van der Waals surface area contributed by atoms with Crippen molar-refractivity contribution in [2.75, 3.05) is 26.3 Å². The first kappa shape index (κ1) is 10.8. The molecule has 1 saturated heterocycles. The molecule has 0 radical (unpaired) electrons. The van der Waals surface area contributed by atoms with Crippen molar-refractivity contribution in [3.63, 3.8) is 0 Å². The molecule has 1 aliphatic carbocycles. The van der Waals surface area contributed by atoms with Crippen LogP contribution in [0.15, 0.2) is 0 Å². The fraction of sp³-hybridized carbons (Fsp3) is 0.900. The van der Waals surface area contributed by atoms with E-state index in [0.29, 0.717) is 32.7 Å². The van der Waals surface area contributed by atoms with Gasteiger partial charge in [-0.2, -0.15) is 0 Å². The standard InChI is InChI=1S/C10H15F2NO2/c11-10(12)2-1-8(7-10)9(14)13-3-5-15-6-4-13/h8H,1-7H2. The van der Waals surface area contributed by atoms with Crippen molar-refractivity contribution in [3.05, 3.63) is 0 Å².